The molecule has 0 atom stereocenters. The van der Waals surface area contributed by atoms with Gasteiger partial charge in [0.25, 0.3) is 0 Å². The third-order valence-corrected chi connectivity index (χ3v) is 4.26. The lowest BCUT2D eigenvalue weighted by molar-refractivity contribution is -0.139. The van der Waals surface area contributed by atoms with Gasteiger partial charge < -0.3 is 0 Å². The normalized spacial score (nSPS) is 15.4. The molecule has 124 valence electrons. The molecule has 0 radical (unpaired) electrons. The van der Waals surface area contributed by atoms with E-state index in [0.717, 1.165) is 37.0 Å². The topological polar surface area (TPSA) is 17.1 Å². The number of hydrogen-bond acceptors (Lipinski definition) is 1. The van der Waals surface area contributed by atoms with Crippen LogP contribution < -0.4 is 0 Å². The average Bonchev–Trinajstić information content (AvgIpc) is 2.56. The van der Waals surface area contributed by atoms with E-state index in [1.54, 1.807) is 0 Å². The van der Waals surface area contributed by atoms with E-state index in [9.17, 15) is 18.0 Å². The van der Waals surface area contributed by atoms with Gasteiger partial charge in [-0.15, -0.1) is 0 Å². The summed E-state index contributed by atoms with van der Waals surface area (Å²) in [4.78, 5) is 11.3. The second-order valence-corrected chi connectivity index (χ2v) is 5.99. The third kappa shape index (κ3) is 2.88. The first kappa shape index (κ1) is 16.5. The molecule has 2 aromatic carbocycles. The molecular weight excluding hydrogens is 313 g/mol. The Morgan fingerprint density at radius 2 is 1.71 bits per heavy atom. The first-order valence-corrected chi connectivity index (χ1v) is 7.97. The molecule has 4 heteroatoms. The maximum atomic E-state index is 14.3. The van der Waals surface area contributed by atoms with Crippen LogP contribution in [0, 0.1) is 5.82 Å². The summed E-state index contributed by atoms with van der Waals surface area (Å²) in [5.74, 6) is -6.25. The van der Waals surface area contributed by atoms with Gasteiger partial charge in [-0.25, -0.2) is 4.39 Å². The summed E-state index contributed by atoms with van der Waals surface area (Å²) >= 11 is 0. The number of aryl methyl sites for hydroxylation is 1. The van der Waals surface area contributed by atoms with Crippen LogP contribution in [0.2, 0.25) is 0 Å². The van der Waals surface area contributed by atoms with Gasteiger partial charge in [0.2, 0.25) is 5.78 Å². The number of fused-ring (bicyclic) bond motifs is 1. The lowest BCUT2D eigenvalue weighted by Gasteiger charge is -2.21. The van der Waals surface area contributed by atoms with E-state index in [0.29, 0.717) is 5.56 Å². The van der Waals surface area contributed by atoms with Crippen molar-refractivity contribution < 1.29 is 18.0 Å². The van der Waals surface area contributed by atoms with Crippen LogP contribution in [0.4, 0.5) is 13.2 Å². The highest BCUT2D eigenvalue weighted by Gasteiger charge is 2.45. The van der Waals surface area contributed by atoms with E-state index < -0.39 is 23.1 Å². The molecule has 1 nitrogen and oxygen atoms in total. The molecule has 0 spiro atoms. The first-order valence-electron chi connectivity index (χ1n) is 7.97. The Kier molecular flexibility index (Phi) is 4.31. The van der Waals surface area contributed by atoms with Gasteiger partial charge in [0, 0.05) is 0 Å². The zero-order chi connectivity index (χ0) is 17.3. The Labute approximate surface area is 138 Å². The van der Waals surface area contributed by atoms with Crippen LogP contribution in [-0.4, -0.2) is 5.78 Å². The summed E-state index contributed by atoms with van der Waals surface area (Å²) in [5.41, 5.74) is 1.67. The molecular formula is C20H17F3O. The number of benzene rings is 2. The van der Waals surface area contributed by atoms with Crippen LogP contribution in [0.25, 0.3) is 17.2 Å². The Morgan fingerprint density at radius 1 is 1.00 bits per heavy atom. The molecule has 0 amide bonds. The summed E-state index contributed by atoms with van der Waals surface area (Å²) in [6.07, 6.45) is 5.24. The van der Waals surface area contributed by atoms with E-state index in [2.05, 4.69) is 6.92 Å². The molecule has 0 heterocycles. The predicted octanol–water partition coefficient (Wildman–Crippen LogP) is 5.52. The number of ketones is 1. The molecule has 0 bridgehead atoms. The molecule has 1 aliphatic rings. The summed E-state index contributed by atoms with van der Waals surface area (Å²) in [5, 5.41) is 0. The third-order valence-electron chi connectivity index (χ3n) is 4.26. The number of hydrogen-bond donors (Lipinski definition) is 0. The summed E-state index contributed by atoms with van der Waals surface area (Å²) in [6, 6.07) is 10.2. The maximum Gasteiger partial charge on any atom is 0.337 e. The number of unbranched alkanes of at least 4 members (excludes halogenated alkanes) is 1. The largest absolute Gasteiger partial charge is 0.337 e. The predicted molar refractivity (Wildman–Crippen MR) is 88.4 cm³/mol. The fourth-order valence-corrected chi connectivity index (χ4v) is 2.90. The van der Waals surface area contributed by atoms with Crippen LogP contribution in [0.15, 0.2) is 42.5 Å². The van der Waals surface area contributed by atoms with Crippen molar-refractivity contribution >= 4 is 11.9 Å². The van der Waals surface area contributed by atoms with Crippen molar-refractivity contribution in [1.82, 2.24) is 0 Å². The van der Waals surface area contributed by atoms with Gasteiger partial charge in [-0.2, -0.15) is 8.78 Å². The van der Waals surface area contributed by atoms with Gasteiger partial charge in [0.1, 0.15) is 5.82 Å². The quantitative estimate of drug-likeness (QED) is 0.721. The lowest BCUT2D eigenvalue weighted by Crippen LogP contribution is -2.29. The number of halogens is 3. The molecule has 1 aliphatic carbocycles. The minimum Gasteiger partial charge on any atom is -0.288 e. The smallest absolute Gasteiger partial charge is 0.288 e. The van der Waals surface area contributed by atoms with Gasteiger partial charge in [-0.1, -0.05) is 43.7 Å². The Bertz CT molecular complexity index is 804. The number of carbonyl (C=O) groups is 1. The Morgan fingerprint density at radius 3 is 2.38 bits per heavy atom. The molecule has 0 N–H and O–H groups in total. The van der Waals surface area contributed by atoms with E-state index in [1.807, 2.05) is 24.3 Å². The fourth-order valence-electron chi connectivity index (χ4n) is 2.90. The van der Waals surface area contributed by atoms with Crippen LogP contribution in [0.3, 0.4) is 0 Å². The maximum absolute atomic E-state index is 14.3. The number of carbonyl (C=O) groups excluding carboxylic acids is 1. The van der Waals surface area contributed by atoms with Crippen molar-refractivity contribution in [2.24, 2.45) is 0 Å². The van der Waals surface area contributed by atoms with Crippen molar-refractivity contribution in [1.29, 1.82) is 0 Å². The van der Waals surface area contributed by atoms with Crippen molar-refractivity contribution in [3.05, 3.63) is 65.0 Å². The number of rotatable bonds is 4. The lowest BCUT2D eigenvalue weighted by atomic mass is 9.89. The van der Waals surface area contributed by atoms with Crippen molar-refractivity contribution in [3.8, 4) is 11.1 Å². The molecule has 0 unspecified atom stereocenters. The number of allylic oxidation sites excluding steroid dienone is 1. The Hall–Kier alpha value is -2.36. The monoisotopic (exact) mass is 330 g/mol. The molecule has 0 saturated heterocycles. The van der Waals surface area contributed by atoms with Gasteiger partial charge in [0.15, 0.2) is 0 Å². The summed E-state index contributed by atoms with van der Waals surface area (Å²) in [6.45, 7) is 2.12. The van der Waals surface area contributed by atoms with Gasteiger partial charge in [-0.3, -0.25) is 4.79 Å². The minimum absolute atomic E-state index is 0.0460. The molecule has 0 fully saturated rings. The molecule has 2 aromatic rings. The molecule has 0 saturated carbocycles. The molecule has 24 heavy (non-hydrogen) atoms. The molecule has 0 aromatic heterocycles. The zero-order valence-corrected chi connectivity index (χ0v) is 13.3. The zero-order valence-electron chi connectivity index (χ0n) is 13.3. The SMILES string of the molecule is CCCCc1ccc(-c2cc(F)c3c(c2)C=CC(=O)C3(F)F)cc1. The van der Waals surface area contributed by atoms with Crippen LogP contribution >= 0.6 is 0 Å². The highest BCUT2D eigenvalue weighted by molar-refractivity contribution is 6.03. The standard InChI is InChI=1S/C20H17F3O/c1-2-3-4-13-5-7-14(8-6-13)16-11-15-9-10-18(24)20(22,23)19(15)17(21)12-16/h5-12H,2-4H2,1H3. The highest BCUT2D eigenvalue weighted by atomic mass is 19.3. The highest BCUT2D eigenvalue weighted by Crippen LogP contribution is 2.40. The van der Waals surface area contributed by atoms with E-state index in [4.69, 9.17) is 0 Å². The summed E-state index contributed by atoms with van der Waals surface area (Å²) in [7, 11) is 0. The van der Waals surface area contributed by atoms with Crippen LogP contribution in [0.5, 0.6) is 0 Å². The minimum atomic E-state index is -3.81. The Balaban J connectivity index is 1.99. The van der Waals surface area contributed by atoms with Gasteiger partial charge in [0.05, 0.1) is 5.56 Å². The second kappa shape index (κ2) is 6.27. The summed E-state index contributed by atoms with van der Waals surface area (Å²) < 4.78 is 42.1. The van der Waals surface area contributed by atoms with Crippen LogP contribution in [-0.2, 0) is 17.1 Å². The second-order valence-electron chi connectivity index (χ2n) is 5.99. The van der Waals surface area contributed by atoms with E-state index in [1.165, 1.54) is 17.7 Å². The number of alkyl halides is 2. The van der Waals surface area contributed by atoms with E-state index in [-0.39, 0.29) is 5.56 Å². The van der Waals surface area contributed by atoms with Crippen molar-refractivity contribution in [2.75, 3.05) is 0 Å². The van der Waals surface area contributed by atoms with E-state index >= 15 is 0 Å². The average molecular weight is 330 g/mol. The fraction of sp³-hybridized carbons (Fsp3) is 0.250. The van der Waals surface area contributed by atoms with Gasteiger partial charge >= 0.3 is 5.92 Å². The van der Waals surface area contributed by atoms with Crippen molar-refractivity contribution in [2.45, 2.75) is 32.1 Å². The molecule has 3 rings (SSSR count). The first-order chi connectivity index (χ1) is 11.4. The molecule has 0 aliphatic heterocycles. The van der Waals surface area contributed by atoms with Gasteiger partial charge in [-0.05, 0) is 53.3 Å². The van der Waals surface area contributed by atoms with Crippen molar-refractivity contribution in [3.63, 3.8) is 0 Å². The van der Waals surface area contributed by atoms with Crippen LogP contribution in [0.1, 0.15) is 36.5 Å².